The summed E-state index contributed by atoms with van der Waals surface area (Å²) in [5.41, 5.74) is 0.731. The topological polar surface area (TPSA) is 63.2 Å². The van der Waals surface area contributed by atoms with E-state index in [9.17, 15) is 13.2 Å². The van der Waals surface area contributed by atoms with Crippen LogP contribution in [0.2, 0.25) is 0 Å². The number of carbonyl (C=O) groups is 1. The Hall–Kier alpha value is -1.36. The molecule has 0 spiro atoms. The van der Waals surface area contributed by atoms with Crippen LogP contribution >= 0.6 is 0 Å². The van der Waals surface area contributed by atoms with Crippen LogP contribution in [0, 0.1) is 0 Å². The van der Waals surface area contributed by atoms with Crippen molar-refractivity contribution >= 4 is 15.7 Å². The summed E-state index contributed by atoms with van der Waals surface area (Å²) in [4.78, 5) is 11.8. The molecule has 1 aliphatic heterocycles. The molecule has 0 bridgehead atoms. The van der Waals surface area contributed by atoms with Crippen molar-refractivity contribution < 1.29 is 13.2 Å². The Kier molecular flexibility index (Phi) is 4.01. The maximum Gasteiger partial charge on any atom is 0.238 e. The van der Waals surface area contributed by atoms with Gasteiger partial charge >= 0.3 is 0 Å². The van der Waals surface area contributed by atoms with Gasteiger partial charge in [-0.1, -0.05) is 30.3 Å². The van der Waals surface area contributed by atoms with Gasteiger partial charge in [0.2, 0.25) is 5.91 Å². The van der Waals surface area contributed by atoms with Gasteiger partial charge in [-0.25, -0.2) is 8.42 Å². The highest BCUT2D eigenvalue weighted by Crippen LogP contribution is 2.18. The van der Waals surface area contributed by atoms with E-state index in [-0.39, 0.29) is 11.7 Å². The highest BCUT2D eigenvalue weighted by molar-refractivity contribution is 7.92. The molecule has 0 radical (unpaired) electrons. The fraction of sp³-hybridized carbons (Fsp3) is 0.462. The van der Waals surface area contributed by atoms with Crippen LogP contribution in [0.25, 0.3) is 0 Å². The predicted molar refractivity (Wildman–Crippen MR) is 69.7 cm³/mol. The zero-order valence-electron chi connectivity index (χ0n) is 10.1. The van der Waals surface area contributed by atoms with E-state index >= 15 is 0 Å². The maximum absolute atomic E-state index is 12.3. The van der Waals surface area contributed by atoms with Gasteiger partial charge in [0.05, 0.1) is 5.75 Å². The molecule has 0 aromatic heterocycles. The summed E-state index contributed by atoms with van der Waals surface area (Å²) < 4.78 is 24.5. The fourth-order valence-corrected chi connectivity index (χ4v) is 3.95. The van der Waals surface area contributed by atoms with E-state index in [1.165, 1.54) is 0 Å². The summed E-state index contributed by atoms with van der Waals surface area (Å²) in [5, 5.41) is 1.78. The molecule has 98 valence electrons. The van der Waals surface area contributed by atoms with Gasteiger partial charge in [-0.05, 0) is 24.8 Å². The van der Waals surface area contributed by atoms with Gasteiger partial charge in [0, 0.05) is 6.54 Å². The first kappa shape index (κ1) is 13.1. The highest BCUT2D eigenvalue weighted by atomic mass is 32.2. The Labute approximate surface area is 107 Å². The van der Waals surface area contributed by atoms with Crippen molar-refractivity contribution in [2.75, 3.05) is 6.54 Å². The Balaban J connectivity index is 2.17. The molecular weight excluding hydrogens is 250 g/mol. The molecule has 1 atom stereocenters. The lowest BCUT2D eigenvalue weighted by Gasteiger charge is -2.14. The molecule has 1 amide bonds. The number of hydrogen-bond donors (Lipinski definition) is 1. The molecule has 1 heterocycles. The third kappa shape index (κ3) is 3.10. The minimum atomic E-state index is -3.42. The smallest absolute Gasteiger partial charge is 0.238 e. The number of hydrogen-bond acceptors (Lipinski definition) is 3. The van der Waals surface area contributed by atoms with Crippen LogP contribution in [0.4, 0.5) is 0 Å². The van der Waals surface area contributed by atoms with Crippen LogP contribution < -0.4 is 5.32 Å². The summed E-state index contributed by atoms with van der Waals surface area (Å²) in [6.45, 7) is 0.580. The molecule has 5 heteroatoms. The van der Waals surface area contributed by atoms with Crippen molar-refractivity contribution in [3.05, 3.63) is 35.9 Å². The van der Waals surface area contributed by atoms with Gasteiger partial charge in [0.15, 0.2) is 9.84 Å². The summed E-state index contributed by atoms with van der Waals surface area (Å²) in [6, 6.07) is 8.99. The van der Waals surface area contributed by atoms with E-state index in [0.717, 1.165) is 18.4 Å². The summed E-state index contributed by atoms with van der Waals surface area (Å²) >= 11 is 0. The lowest BCUT2D eigenvalue weighted by Crippen LogP contribution is -2.38. The Morgan fingerprint density at radius 2 is 1.89 bits per heavy atom. The second-order valence-corrected chi connectivity index (χ2v) is 6.75. The molecule has 1 aromatic carbocycles. The van der Waals surface area contributed by atoms with E-state index < -0.39 is 15.1 Å². The minimum Gasteiger partial charge on any atom is -0.355 e. The molecule has 0 aliphatic carbocycles. The van der Waals surface area contributed by atoms with Crippen LogP contribution in [0.3, 0.4) is 0 Å². The molecular formula is C13H17NO3S. The lowest BCUT2D eigenvalue weighted by molar-refractivity contribution is -0.120. The van der Waals surface area contributed by atoms with E-state index in [1.54, 1.807) is 24.3 Å². The third-order valence-electron chi connectivity index (χ3n) is 3.13. The standard InChI is InChI=1S/C13H17NO3S/c15-13-12(8-4-5-9-14-13)18(16,17)10-11-6-2-1-3-7-11/h1-3,6-7,12H,4-5,8-10H2,(H,14,15). The van der Waals surface area contributed by atoms with Crippen molar-refractivity contribution in [1.29, 1.82) is 0 Å². The first-order valence-electron chi connectivity index (χ1n) is 6.13. The monoisotopic (exact) mass is 267 g/mol. The maximum atomic E-state index is 12.3. The normalized spacial score (nSPS) is 21.1. The Morgan fingerprint density at radius 3 is 2.61 bits per heavy atom. The lowest BCUT2D eigenvalue weighted by atomic mass is 10.2. The number of carbonyl (C=O) groups excluding carboxylic acids is 1. The number of rotatable bonds is 3. The largest absolute Gasteiger partial charge is 0.355 e. The molecule has 1 saturated heterocycles. The first-order chi connectivity index (χ1) is 8.59. The first-order valence-corrected chi connectivity index (χ1v) is 7.84. The second-order valence-electron chi connectivity index (χ2n) is 4.57. The van der Waals surface area contributed by atoms with Crippen LogP contribution in [0.1, 0.15) is 24.8 Å². The highest BCUT2D eigenvalue weighted by Gasteiger charge is 2.33. The van der Waals surface area contributed by atoms with Crippen molar-refractivity contribution in [1.82, 2.24) is 5.32 Å². The van der Waals surface area contributed by atoms with Crippen LogP contribution in [-0.4, -0.2) is 26.1 Å². The third-order valence-corrected chi connectivity index (χ3v) is 5.18. The van der Waals surface area contributed by atoms with Crippen molar-refractivity contribution in [2.45, 2.75) is 30.3 Å². The SMILES string of the molecule is O=C1NCCCCC1S(=O)(=O)Cc1ccccc1. The van der Waals surface area contributed by atoms with Crippen molar-refractivity contribution in [3.8, 4) is 0 Å². The Morgan fingerprint density at radius 1 is 1.17 bits per heavy atom. The Bertz CT molecular complexity index is 510. The van der Waals surface area contributed by atoms with Crippen LogP contribution in [0.5, 0.6) is 0 Å². The second kappa shape index (κ2) is 5.52. The molecule has 1 unspecified atom stereocenters. The molecule has 1 aromatic rings. The van der Waals surface area contributed by atoms with Gasteiger partial charge in [-0.3, -0.25) is 4.79 Å². The molecule has 1 N–H and O–H groups in total. The zero-order valence-corrected chi connectivity index (χ0v) is 10.9. The average molecular weight is 267 g/mol. The molecule has 4 nitrogen and oxygen atoms in total. The molecule has 1 aliphatic rings. The summed E-state index contributed by atoms with van der Waals surface area (Å²) in [7, 11) is -3.42. The van der Waals surface area contributed by atoms with E-state index in [0.29, 0.717) is 13.0 Å². The van der Waals surface area contributed by atoms with Gasteiger partial charge in [-0.2, -0.15) is 0 Å². The predicted octanol–water partition coefficient (Wildman–Crippen LogP) is 1.27. The number of nitrogens with one attached hydrogen (secondary N) is 1. The minimum absolute atomic E-state index is 0.0636. The molecule has 2 rings (SSSR count). The van der Waals surface area contributed by atoms with E-state index in [4.69, 9.17) is 0 Å². The summed E-state index contributed by atoms with van der Waals surface area (Å²) in [6.07, 6.45) is 2.06. The zero-order chi connectivity index (χ0) is 13.0. The van der Waals surface area contributed by atoms with Crippen LogP contribution in [-0.2, 0) is 20.4 Å². The van der Waals surface area contributed by atoms with Crippen molar-refractivity contribution in [3.63, 3.8) is 0 Å². The van der Waals surface area contributed by atoms with Gasteiger partial charge in [-0.15, -0.1) is 0 Å². The summed E-state index contributed by atoms with van der Waals surface area (Å²) in [5.74, 6) is -0.408. The fourth-order valence-electron chi connectivity index (χ4n) is 2.16. The molecule has 0 saturated carbocycles. The quantitative estimate of drug-likeness (QED) is 0.897. The number of sulfone groups is 1. The molecule has 1 fully saturated rings. The van der Waals surface area contributed by atoms with E-state index in [2.05, 4.69) is 5.32 Å². The van der Waals surface area contributed by atoms with Crippen molar-refractivity contribution in [2.24, 2.45) is 0 Å². The number of amides is 1. The molecule has 18 heavy (non-hydrogen) atoms. The number of benzene rings is 1. The van der Waals surface area contributed by atoms with Crippen LogP contribution in [0.15, 0.2) is 30.3 Å². The van der Waals surface area contributed by atoms with Gasteiger partial charge in [0.1, 0.15) is 5.25 Å². The van der Waals surface area contributed by atoms with Gasteiger partial charge < -0.3 is 5.32 Å². The van der Waals surface area contributed by atoms with E-state index in [1.807, 2.05) is 6.07 Å². The van der Waals surface area contributed by atoms with Gasteiger partial charge in [0.25, 0.3) is 0 Å². The average Bonchev–Trinajstić information content (AvgIpc) is 2.55.